The molecular formula is C13H16N2O2S. The Bertz CT molecular complexity index is 458. The Kier molecular flexibility index (Phi) is 3.07. The van der Waals surface area contributed by atoms with Gasteiger partial charge in [0.15, 0.2) is 0 Å². The molecule has 18 heavy (non-hydrogen) atoms. The summed E-state index contributed by atoms with van der Waals surface area (Å²) in [7, 11) is 0. The highest BCUT2D eigenvalue weighted by Gasteiger charge is 2.41. The summed E-state index contributed by atoms with van der Waals surface area (Å²) in [5, 5.41) is 2.04. The Hall–Kier alpha value is -1.36. The van der Waals surface area contributed by atoms with Crippen molar-refractivity contribution >= 4 is 23.2 Å². The second kappa shape index (κ2) is 4.72. The van der Waals surface area contributed by atoms with E-state index in [1.807, 2.05) is 11.4 Å². The minimum absolute atomic E-state index is 0.114. The van der Waals surface area contributed by atoms with Gasteiger partial charge in [0.1, 0.15) is 6.04 Å². The van der Waals surface area contributed by atoms with Crippen LogP contribution in [0, 0.1) is 0 Å². The first kappa shape index (κ1) is 11.7. The number of rotatable bonds is 3. The molecule has 0 aromatic carbocycles. The number of hydrogen-bond acceptors (Lipinski definition) is 3. The van der Waals surface area contributed by atoms with Crippen molar-refractivity contribution in [1.82, 2.24) is 9.80 Å². The first-order valence-corrected chi connectivity index (χ1v) is 7.24. The van der Waals surface area contributed by atoms with E-state index >= 15 is 0 Å². The van der Waals surface area contributed by atoms with Crippen molar-refractivity contribution < 1.29 is 9.59 Å². The molecule has 2 aliphatic rings. The van der Waals surface area contributed by atoms with Gasteiger partial charge in [0.2, 0.25) is 11.8 Å². The minimum atomic E-state index is -0.172. The predicted molar refractivity (Wildman–Crippen MR) is 69.3 cm³/mol. The van der Waals surface area contributed by atoms with E-state index in [0.717, 1.165) is 25.8 Å². The van der Waals surface area contributed by atoms with Gasteiger partial charge >= 0.3 is 0 Å². The molecule has 1 unspecified atom stereocenters. The van der Waals surface area contributed by atoms with E-state index in [-0.39, 0.29) is 24.4 Å². The van der Waals surface area contributed by atoms with Crippen LogP contribution in [0.4, 0.5) is 0 Å². The second-order valence-electron chi connectivity index (χ2n) is 4.83. The zero-order chi connectivity index (χ0) is 12.5. The lowest BCUT2D eigenvalue weighted by molar-refractivity contribution is -0.153. The molecule has 1 atom stereocenters. The molecule has 0 N–H and O–H groups in total. The molecule has 96 valence electrons. The molecule has 0 saturated carbocycles. The third kappa shape index (κ3) is 2.03. The van der Waals surface area contributed by atoms with Crippen molar-refractivity contribution in [2.45, 2.75) is 25.3 Å². The van der Waals surface area contributed by atoms with Crippen LogP contribution < -0.4 is 0 Å². The normalized spacial score (nSPS) is 23.7. The van der Waals surface area contributed by atoms with E-state index in [2.05, 4.69) is 6.07 Å². The van der Waals surface area contributed by atoms with Crippen molar-refractivity contribution in [2.24, 2.45) is 0 Å². The predicted octanol–water partition coefficient (Wildman–Crippen LogP) is 1.12. The van der Waals surface area contributed by atoms with Crippen LogP contribution in [-0.4, -0.2) is 47.3 Å². The average molecular weight is 264 g/mol. The van der Waals surface area contributed by atoms with Crippen LogP contribution in [0.2, 0.25) is 0 Å². The van der Waals surface area contributed by atoms with Gasteiger partial charge in [-0.25, -0.2) is 0 Å². The van der Waals surface area contributed by atoms with Gasteiger partial charge < -0.3 is 9.80 Å². The highest BCUT2D eigenvalue weighted by Crippen LogP contribution is 2.23. The highest BCUT2D eigenvalue weighted by atomic mass is 32.1. The van der Waals surface area contributed by atoms with Gasteiger partial charge in [0.25, 0.3) is 0 Å². The number of nitrogens with zero attached hydrogens (tertiary/aromatic N) is 2. The lowest BCUT2D eigenvalue weighted by Gasteiger charge is -2.36. The summed E-state index contributed by atoms with van der Waals surface area (Å²) < 4.78 is 0. The number of thiophene rings is 1. The first-order valence-electron chi connectivity index (χ1n) is 6.36. The van der Waals surface area contributed by atoms with E-state index < -0.39 is 0 Å². The third-order valence-corrected chi connectivity index (χ3v) is 4.64. The van der Waals surface area contributed by atoms with Crippen LogP contribution >= 0.6 is 11.3 Å². The van der Waals surface area contributed by atoms with Crippen LogP contribution in [-0.2, 0) is 16.0 Å². The fourth-order valence-corrected chi connectivity index (χ4v) is 3.45. The zero-order valence-electron chi connectivity index (χ0n) is 10.2. The molecule has 1 aromatic heterocycles. The molecule has 2 aliphatic heterocycles. The van der Waals surface area contributed by atoms with Gasteiger partial charge in [0.05, 0.1) is 6.54 Å². The molecule has 0 spiro atoms. The van der Waals surface area contributed by atoms with Crippen molar-refractivity contribution in [3.05, 3.63) is 22.4 Å². The van der Waals surface area contributed by atoms with Crippen LogP contribution in [0.1, 0.15) is 17.7 Å². The smallest absolute Gasteiger partial charge is 0.245 e. The Morgan fingerprint density at radius 3 is 3.06 bits per heavy atom. The molecule has 3 heterocycles. The average Bonchev–Trinajstić information content (AvgIpc) is 3.01. The monoisotopic (exact) mass is 264 g/mol. The SMILES string of the molecule is O=C1C2CCCN2C(=O)CN1CCc1cccs1. The van der Waals surface area contributed by atoms with Crippen molar-refractivity contribution in [3.63, 3.8) is 0 Å². The fourth-order valence-electron chi connectivity index (χ4n) is 2.75. The number of carbonyl (C=O) groups is 2. The van der Waals surface area contributed by atoms with E-state index in [0.29, 0.717) is 6.54 Å². The molecular weight excluding hydrogens is 248 g/mol. The molecule has 3 rings (SSSR count). The summed E-state index contributed by atoms with van der Waals surface area (Å²) in [4.78, 5) is 28.9. The minimum Gasteiger partial charge on any atom is -0.331 e. The quantitative estimate of drug-likeness (QED) is 0.821. The van der Waals surface area contributed by atoms with Gasteiger partial charge in [-0.3, -0.25) is 9.59 Å². The molecule has 1 aromatic rings. The molecule has 4 nitrogen and oxygen atoms in total. The summed E-state index contributed by atoms with van der Waals surface area (Å²) in [6, 6.07) is 3.92. The molecule has 0 bridgehead atoms. The molecule has 2 amide bonds. The van der Waals surface area contributed by atoms with E-state index in [9.17, 15) is 9.59 Å². The topological polar surface area (TPSA) is 40.6 Å². The summed E-state index contributed by atoms with van der Waals surface area (Å²) in [5.41, 5.74) is 0. The van der Waals surface area contributed by atoms with Crippen LogP contribution in [0.5, 0.6) is 0 Å². The maximum atomic E-state index is 12.2. The molecule has 2 fully saturated rings. The Balaban J connectivity index is 1.65. The number of carbonyl (C=O) groups excluding carboxylic acids is 2. The van der Waals surface area contributed by atoms with Gasteiger partial charge in [-0.2, -0.15) is 0 Å². The largest absolute Gasteiger partial charge is 0.331 e. The third-order valence-electron chi connectivity index (χ3n) is 3.70. The Morgan fingerprint density at radius 1 is 1.39 bits per heavy atom. The summed E-state index contributed by atoms with van der Waals surface area (Å²) in [6.45, 7) is 1.68. The maximum Gasteiger partial charge on any atom is 0.245 e. The van der Waals surface area contributed by atoms with Gasteiger partial charge in [-0.15, -0.1) is 11.3 Å². The second-order valence-corrected chi connectivity index (χ2v) is 5.87. The summed E-state index contributed by atoms with van der Waals surface area (Å²) >= 11 is 1.70. The number of fused-ring (bicyclic) bond motifs is 1. The Morgan fingerprint density at radius 2 is 2.28 bits per heavy atom. The maximum absolute atomic E-state index is 12.2. The molecule has 5 heteroatoms. The van der Waals surface area contributed by atoms with Crippen LogP contribution in [0.15, 0.2) is 17.5 Å². The first-order chi connectivity index (χ1) is 8.75. The standard InChI is InChI=1S/C13H16N2O2S/c16-12-9-14(7-5-10-3-2-8-18-10)13(17)11-4-1-6-15(11)12/h2-3,8,11H,1,4-7,9H2. The molecule has 0 radical (unpaired) electrons. The number of amides is 2. The summed E-state index contributed by atoms with van der Waals surface area (Å²) in [5.74, 6) is 0.256. The van der Waals surface area contributed by atoms with Crippen molar-refractivity contribution in [2.75, 3.05) is 19.6 Å². The highest BCUT2D eigenvalue weighted by molar-refractivity contribution is 7.09. The number of hydrogen-bond donors (Lipinski definition) is 0. The van der Waals surface area contributed by atoms with Gasteiger partial charge in [-0.1, -0.05) is 6.07 Å². The van der Waals surface area contributed by atoms with E-state index in [1.165, 1.54) is 4.88 Å². The molecule has 2 saturated heterocycles. The lowest BCUT2D eigenvalue weighted by atomic mass is 10.1. The lowest BCUT2D eigenvalue weighted by Crippen LogP contribution is -2.57. The van der Waals surface area contributed by atoms with Crippen LogP contribution in [0.3, 0.4) is 0 Å². The molecule has 0 aliphatic carbocycles. The van der Waals surface area contributed by atoms with Gasteiger partial charge in [-0.05, 0) is 30.7 Å². The summed E-state index contributed by atoms with van der Waals surface area (Å²) in [6.07, 6.45) is 2.64. The Labute approximate surface area is 110 Å². The van der Waals surface area contributed by atoms with Crippen molar-refractivity contribution in [1.29, 1.82) is 0 Å². The van der Waals surface area contributed by atoms with Crippen molar-refractivity contribution in [3.8, 4) is 0 Å². The zero-order valence-corrected chi connectivity index (χ0v) is 11.0. The van der Waals surface area contributed by atoms with Gasteiger partial charge in [0, 0.05) is 18.0 Å². The van der Waals surface area contributed by atoms with E-state index in [4.69, 9.17) is 0 Å². The van der Waals surface area contributed by atoms with E-state index in [1.54, 1.807) is 21.1 Å². The van der Waals surface area contributed by atoms with Crippen LogP contribution in [0.25, 0.3) is 0 Å². The fraction of sp³-hybridized carbons (Fsp3) is 0.538. The number of piperazine rings is 1.